The molecule has 1 aromatic heterocycles. The molecule has 1 aliphatic heterocycles. The molecule has 3 rings (SSSR count). The number of carbonyl (C=O) groups is 2. The second kappa shape index (κ2) is 8.73. The quantitative estimate of drug-likeness (QED) is 0.829. The van der Waals surface area contributed by atoms with Crippen LogP contribution in [0.5, 0.6) is 0 Å². The number of hydrogen-bond donors (Lipinski definition) is 1. The first-order valence-corrected chi connectivity index (χ1v) is 9.82. The van der Waals surface area contributed by atoms with Gasteiger partial charge in [0.25, 0.3) is 5.91 Å². The second-order valence-electron chi connectivity index (χ2n) is 7.02. The van der Waals surface area contributed by atoms with Gasteiger partial charge in [-0.15, -0.1) is 0 Å². The van der Waals surface area contributed by atoms with Crippen molar-refractivity contribution in [3.8, 4) is 0 Å². The van der Waals surface area contributed by atoms with Crippen LogP contribution in [0.25, 0.3) is 0 Å². The molecule has 2 amide bonds. The lowest BCUT2D eigenvalue weighted by molar-refractivity contribution is -0.126. The highest BCUT2D eigenvalue weighted by Gasteiger charge is 2.31. The molecule has 150 valence electrons. The molecule has 1 fully saturated rings. The van der Waals surface area contributed by atoms with Crippen LogP contribution in [0.1, 0.15) is 41.4 Å². The smallest absolute Gasteiger partial charge is 0.258 e. The van der Waals surface area contributed by atoms with E-state index >= 15 is 0 Å². The standard InChI is InChI=1S/C20H24ClFN4O2/c1-3-23-19(27)15-5-4-10-25(12-15)20(28)17-13(2)24-26(18(17)21)11-14-6-8-16(22)9-7-14/h6-9,15H,3-5,10-12H2,1-2H3,(H,23,27). The molecule has 6 nitrogen and oxygen atoms in total. The van der Waals surface area contributed by atoms with Gasteiger partial charge in [0.15, 0.2) is 0 Å². The van der Waals surface area contributed by atoms with E-state index in [4.69, 9.17) is 11.6 Å². The predicted molar refractivity (Wildman–Crippen MR) is 105 cm³/mol. The number of benzene rings is 1. The van der Waals surface area contributed by atoms with Crippen LogP contribution in [0.15, 0.2) is 24.3 Å². The van der Waals surface area contributed by atoms with E-state index in [1.165, 1.54) is 12.1 Å². The van der Waals surface area contributed by atoms with Crippen LogP contribution in [0.2, 0.25) is 5.15 Å². The molecular weight excluding hydrogens is 383 g/mol. The second-order valence-corrected chi connectivity index (χ2v) is 7.38. The molecule has 1 N–H and O–H groups in total. The molecule has 0 aliphatic carbocycles. The summed E-state index contributed by atoms with van der Waals surface area (Å²) < 4.78 is 14.6. The van der Waals surface area contributed by atoms with E-state index in [-0.39, 0.29) is 28.7 Å². The number of nitrogens with zero attached hydrogens (tertiary/aromatic N) is 3. The van der Waals surface area contributed by atoms with Gasteiger partial charge in [0.2, 0.25) is 5.91 Å². The van der Waals surface area contributed by atoms with Gasteiger partial charge < -0.3 is 10.2 Å². The van der Waals surface area contributed by atoms with E-state index in [1.807, 2.05) is 6.92 Å². The molecular formula is C20H24ClFN4O2. The molecule has 0 spiro atoms. The Balaban J connectivity index is 1.77. The Labute approximate surface area is 168 Å². The summed E-state index contributed by atoms with van der Waals surface area (Å²) in [5, 5.41) is 7.47. The topological polar surface area (TPSA) is 67.2 Å². The third-order valence-electron chi connectivity index (χ3n) is 4.96. The molecule has 1 atom stereocenters. The highest BCUT2D eigenvalue weighted by Crippen LogP contribution is 2.25. The number of halogens is 2. The summed E-state index contributed by atoms with van der Waals surface area (Å²) in [6.45, 7) is 5.50. The van der Waals surface area contributed by atoms with Crippen molar-refractivity contribution in [2.24, 2.45) is 5.92 Å². The first-order chi connectivity index (χ1) is 13.4. The van der Waals surface area contributed by atoms with Crippen LogP contribution in [0.4, 0.5) is 4.39 Å². The summed E-state index contributed by atoms with van der Waals surface area (Å²) >= 11 is 6.47. The van der Waals surface area contributed by atoms with Crippen molar-refractivity contribution in [2.75, 3.05) is 19.6 Å². The van der Waals surface area contributed by atoms with Crippen molar-refractivity contribution in [2.45, 2.75) is 33.2 Å². The van der Waals surface area contributed by atoms with Crippen molar-refractivity contribution in [1.82, 2.24) is 20.0 Å². The minimum atomic E-state index is -0.311. The maximum absolute atomic E-state index is 13.1. The maximum atomic E-state index is 13.1. The molecule has 8 heteroatoms. The average Bonchev–Trinajstić information content (AvgIpc) is 2.96. The summed E-state index contributed by atoms with van der Waals surface area (Å²) in [5.74, 6) is -0.739. The Bertz CT molecular complexity index is 866. The van der Waals surface area contributed by atoms with E-state index < -0.39 is 0 Å². The molecule has 28 heavy (non-hydrogen) atoms. The average molecular weight is 407 g/mol. The molecule has 0 bridgehead atoms. The largest absolute Gasteiger partial charge is 0.356 e. The van der Waals surface area contributed by atoms with Gasteiger partial charge in [-0.25, -0.2) is 9.07 Å². The Morgan fingerprint density at radius 2 is 2.04 bits per heavy atom. The number of piperidine rings is 1. The minimum Gasteiger partial charge on any atom is -0.356 e. The zero-order chi connectivity index (χ0) is 20.3. The molecule has 2 aromatic rings. The number of nitrogens with one attached hydrogen (secondary N) is 1. The Hall–Kier alpha value is -2.41. The first-order valence-electron chi connectivity index (χ1n) is 9.45. The van der Waals surface area contributed by atoms with Gasteiger partial charge in [0.05, 0.1) is 23.7 Å². The normalized spacial score (nSPS) is 16.9. The van der Waals surface area contributed by atoms with Crippen molar-refractivity contribution in [3.63, 3.8) is 0 Å². The molecule has 1 unspecified atom stereocenters. The van der Waals surface area contributed by atoms with Crippen molar-refractivity contribution in [1.29, 1.82) is 0 Å². The van der Waals surface area contributed by atoms with Crippen LogP contribution in [-0.4, -0.2) is 46.1 Å². The van der Waals surface area contributed by atoms with Crippen LogP contribution >= 0.6 is 11.6 Å². The highest BCUT2D eigenvalue weighted by atomic mass is 35.5. The molecule has 0 radical (unpaired) electrons. The summed E-state index contributed by atoms with van der Waals surface area (Å²) in [7, 11) is 0. The van der Waals surface area contributed by atoms with E-state index in [0.717, 1.165) is 18.4 Å². The first kappa shape index (κ1) is 20.3. The molecule has 1 saturated heterocycles. The fraction of sp³-hybridized carbons (Fsp3) is 0.450. The lowest BCUT2D eigenvalue weighted by atomic mass is 9.96. The van der Waals surface area contributed by atoms with Crippen LogP contribution in [-0.2, 0) is 11.3 Å². The predicted octanol–water partition coefficient (Wildman–Crippen LogP) is 3.02. The lowest BCUT2D eigenvalue weighted by Gasteiger charge is -2.32. The van der Waals surface area contributed by atoms with Gasteiger partial charge in [0, 0.05) is 19.6 Å². The van der Waals surface area contributed by atoms with Crippen molar-refractivity contribution in [3.05, 3.63) is 52.1 Å². The Kier molecular flexibility index (Phi) is 6.34. The van der Waals surface area contributed by atoms with E-state index in [0.29, 0.717) is 37.4 Å². The number of hydrogen-bond acceptors (Lipinski definition) is 3. The number of rotatable bonds is 5. The summed E-state index contributed by atoms with van der Waals surface area (Å²) in [4.78, 5) is 26.9. The van der Waals surface area contributed by atoms with E-state index in [9.17, 15) is 14.0 Å². The molecule has 0 saturated carbocycles. The fourth-order valence-electron chi connectivity index (χ4n) is 3.52. The summed E-state index contributed by atoms with van der Waals surface area (Å²) in [5.41, 5.74) is 1.73. The van der Waals surface area contributed by atoms with E-state index in [1.54, 1.807) is 28.6 Å². The monoisotopic (exact) mass is 406 g/mol. The van der Waals surface area contributed by atoms with E-state index in [2.05, 4.69) is 10.4 Å². The Morgan fingerprint density at radius 1 is 1.32 bits per heavy atom. The third-order valence-corrected chi connectivity index (χ3v) is 5.34. The molecule has 2 heterocycles. The summed E-state index contributed by atoms with van der Waals surface area (Å²) in [6.07, 6.45) is 1.54. The summed E-state index contributed by atoms with van der Waals surface area (Å²) in [6, 6.07) is 6.07. The lowest BCUT2D eigenvalue weighted by Crippen LogP contribution is -2.45. The van der Waals surface area contributed by atoms with Crippen LogP contribution in [0, 0.1) is 18.7 Å². The highest BCUT2D eigenvalue weighted by molar-refractivity contribution is 6.33. The van der Waals surface area contributed by atoms with Crippen molar-refractivity contribution >= 4 is 23.4 Å². The molecule has 1 aromatic carbocycles. The third kappa shape index (κ3) is 4.35. The number of carbonyl (C=O) groups excluding carboxylic acids is 2. The SMILES string of the molecule is CCNC(=O)C1CCCN(C(=O)c2c(C)nn(Cc3ccc(F)cc3)c2Cl)C1. The van der Waals surface area contributed by atoms with Gasteiger partial charge >= 0.3 is 0 Å². The van der Waals surface area contributed by atoms with Crippen LogP contribution < -0.4 is 5.32 Å². The number of aromatic nitrogens is 2. The van der Waals surface area contributed by atoms with Crippen molar-refractivity contribution < 1.29 is 14.0 Å². The fourth-order valence-corrected chi connectivity index (χ4v) is 3.83. The minimum absolute atomic E-state index is 0.0187. The number of amides is 2. The zero-order valence-corrected chi connectivity index (χ0v) is 16.8. The van der Waals surface area contributed by atoms with Gasteiger partial charge in [-0.3, -0.25) is 9.59 Å². The zero-order valence-electron chi connectivity index (χ0n) is 16.0. The maximum Gasteiger partial charge on any atom is 0.258 e. The van der Waals surface area contributed by atoms with Crippen LogP contribution in [0.3, 0.4) is 0 Å². The van der Waals surface area contributed by atoms with Gasteiger partial charge in [-0.05, 0) is 44.4 Å². The number of aryl methyl sites for hydroxylation is 1. The van der Waals surface area contributed by atoms with Gasteiger partial charge in [-0.1, -0.05) is 23.7 Å². The number of likely N-dealkylation sites (tertiary alicyclic amines) is 1. The van der Waals surface area contributed by atoms with Gasteiger partial charge in [-0.2, -0.15) is 5.10 Å². The van der Waals surface area contributed by atoms with Gasteiger partial charge in [0.1, 0.15) is 11.0 Å². The molecule has 1 aliphatic rings. The Morgan fingerprint density at radius 3 is 2.71 bits per heavy atom.